The monoisotopic (exact) mass is 693 g/mol. The maximum Gasteiger partial charge on any atom is 0.178 e. The highest BCUT2D eigenvalue weighted by Crippen LogP contribution is 2.56. The number of fused-ring (bicyclic) bond motifs is 4. The molecule has 10 rings (SSSR count). The molecule has 0 saturated carbocycles. The topological polar surface area (TPSA) is 20.6 Å². The molecule has 0 radical (unpaired) electrons. The van der Waals surface area contributed by atoms with Crippen molar-refractivity contribution in [2.75, 3.05) is 9.80 Å². The van der Waals surface area contributed by atoms with Gasteiger partial charge in [0.15, 0.2) is 17.3 Å². The number of hydrogen-bond acceptors (Lipinski definition) is 3. The molecular weight excluding hydrogens is 659 g/mol. The van der Waals surface area contributed by atoms with Crippen LogP contribution in [0.5, 0.6) is 11.5 Å². The summed E-state index contributed by atoms with van der Waals surface area (Å²) in [6, 6.07) is 75.0. The molecule has 0 unspecified atom stereocenters. The molecule has 4 nitrogen and oxygen atoms in total. The Balaban J connectivity index is 1.24. The largest absolute Gasteiger partial charge is 0.451 e. The van der Waals surface area contributed by atoms with Gasteiger partial charge in [-0.3, -0.25) is 9.47 Å². The summed E-state index contributed by atoms with van der Waals surface area (Å²) in [4.78, 5) is 4.68. The van der Waals surface area contributed by atoms with E-state index in [1.165, 1.54) is 11.1 Å². The quantitative estimate of drug-likeness (QED) is 0.166. The SMILES string of the molecule is c1ccc(-c2cc(-c3ccccc3)cc(N(c3ccccc3)c3ccc4c(c3)c3c(n4-c4ccccc4)N(c4ccccc4)c4ccccc4O3)c2)cc1. The van der Waals surface area contributed by atoms with Crippen LogP contribution in [0.25, 0.3) is 38.8 Å². The summed E-state index contributed by atoms with van der Waals surface area (Å²) < 4.78 is 9.29. The molecule has 4 heteroatoms. The fourth-order valence-electron chi connectivity index (χ4n) is 7.67. The van der Waals surface area contributed by atoms with Crippen molar-refractivity contribution in [3.05, 3.63) is 212 Å². The number of aromatic nitrogens is 1. The van der Waals surface area contributed by atoms with Crippen LogP contribution >= 0.6 is 0 Å². The number of anilines is 6. The minimum atomic E-state index is 0.814. The number of ether oxygens (including phenoxy) is 1. The minimum absolute atomic E-state index is 0.814. The van der Waals surface area contributed by atoms with E-state index in [1.54, 1.807) is 0 Å². The first kappa shape index (κ1) is 31.4. The predicted molar refractivity (Wildman–Crippen MR) is 224 cm³/mol. The fourth-order valence-corrected chi connectivity index (χ4v) is 7.67. The molecule has 0 saturated heterocycles. The van der Waals surface area contributed by atoms with Crippen molar-refractivity contribution in [1.29, 1.82) is 0 Å². The highest BCUT2D eigenvalue weighted by molar-refractivity contribution is 6.03. The summed E-state index contributed by atoms with van der Waals surface area (Å²) in [5, 5.41) is 1.02. The Morgan fingerprint density at radius 1 is 0.389 bits per heavy atom. The second kappa shape index (κ2) is 13.4. The Morgan fingerprint density at radius 3 is 1.56 bits per heavy atom. The third-order valence-corrected chi connectivity index (χ3v) is 10.1. The highest BCUT2D eigenvalue weighted by atomic mass is 16.5. The van der Waals surface area contributed by atoms with E-state index < -0.39 is 0 Å². The van der Waals surface area contributed by atoms with Gasteiger partial charge < -0.3 is 9.64 Å². The van der Waals surface area contributed by atoms with Crippen LogP contribution < -0.4 is 14.5 Å². The van der Waals surface area contributed by atoms with Gasteiger partial charge in [0.05, 0.1) is 11.2 Å². The molecule has 0 N–H and O–H groups in total. The van der Waals surface area contributed by atoms with Crippen LogP contribution in [-0.4, -0.2) is 4.57 Å². The van der Waals surface area contributed by atoms with Crippen molar-refractivity contribution < 1.29 is 4.74 Å². The zero-order chi connectivity index (χ0) is 35.8. The summed E-state index contributed by atoms with van der Waals surface area (Å²) >= 11 is 0. The lowest BCUT2D eigenvalue weighted by atomic mass is 9.97. The summed E-state index contributed by atoms with van der Waals surface area (Å²) in [5.74, 6) is 2.59. The predicted octanol–water partition coefficient (Wildman–Crippen LogP) is 14.0. The molecule has 0 fully saturated rings. The van der Waals surface area contributed by atoms with E-state index in [4.69, 9.17) is 4.74 Å². The molecule has 0 atom stereocenters. The van der Waals surface area contributed by atoms with Crippen molar-refractivity contribution >= 4 is 45.2 Å². The summed E-state index contributed by atoms with van der Waals surface area (Å²) in [5.41, 5.74) is 12.0. The zero-order valence-electron chi connectivity index (χ0n) is 29.5. The molecule has 0 aliphatic carbocycles. The van der Waals surface area contributed by atoms with Gasteiger partial charge in [0.2, 0.25) is 0 Å². The van der Waals surface area contributed by atoms with Gasteiger partial charge >= 0.3 is 0 Å². The van der Waals surface area contributed by atoms with Gasteiger partial charge in [0, 0.05) is 33.8 Å². The molecule has 1 aliphatic heterocycles. The third kappa shape index (κ3) is 5.49. The van der Waals surface area contributed by atoms with Crippen LogP contribution in [0, 0.1) is 0 Å². The maximum atomic E-state index is 6.96. The van der Waals surface area contributed by atoms with Crippen molar-refractivity contribution in [2.24, 2.45) is 0 Å². The van der Waals surface area contributed by atoms with Crippen molar-refractivity contribution in [3.8, 4) is 39.4 Å². The lowest BCUT2D eigenvalue weighted by molar-refractivity contribution is 0.481. The van der Waals surface area contributed by atoms with E-state index in [0.29, 0.717) is 0 Å². The number of benzene rings is 8. The van der Waals surface area contributed by atoms with Gasteiger partial charge in [-0.25, -0.2) is 0 Å². The normalized spacial score (nSPS) is 11.8. The van der Waals surface area contributed by atoms with Crippen molar-refractivity contribution in [2.45, 2.75) is 0 Å². The molecule has 256 valence electrons. The number of para-hydroxylation sites is 5. The summed E-state index contributed by atoms with van der Waals surface area (Å²) in [6.45, 7) is 0. The van der Waals surface area contributed by atoms with E-state index in [1.807, 2.05) is 6.07 Å². The lowest BCUT2D eigenvalue weighted by Gasteiger charge is -2.32. The van der Waals surface area contributed by atoms with E-state index in [9.17, 15) is 0 Å². The fraction of sp³-hybridized carbons (Fsp3) is 0. The Labute approximate surface area is 315 Å². The number of nitrogens with zero attached hydrogens (tertiary/aromatic N) is 3. The second-order valence-corrected chi connectivity index (χ2v) is 13.4. The molecule has 54 heavy (non-hydrogen) atoms. The Morgan fingerprint density at radius 2 is 0.926 bits per heavy atom. The molecule has 1 aliphatic rings. The average Bonchev–Trinajstić information content (AvgIpc) is 3.57. The van der Waals surface area contributed by atoms with Gasteiger partial charge in [0.25, 0.3) is 0 Å². The zero-order valence-corrected chi connectivity index (χ0v) is 29.5. The Hall–Kier alpha value is -7.30. The molecule has 0 bridgehead atoms. The minimum Gasteiger partial charge on any atom is -0.451 e. The summed E-state index contributed by atoms with van der Waals surface area (Å²) in [6.07, 6.45) is 0. The smallest absolute Gasteiger partial charge is 0.178 e. The molecule has 0 spiro atoms. The molecule has 1 aromatic heterocycles. The van der Waals surface area contributed by atoms with E-state index in [0.717, 1.165) is 73.5 Å². The Bertz CT molecular complexity index is 2670. The number of hydrogen-bond donors (Lipinski definition) is 0. The lowest BCUT2D eigenvalue weighted by Crippen LogP contribution is -2.18. The summed E-state index contributed by atoms with van der Waals surface area (Å²) in [7, 11) is 0. The Kier molecular flexibility index (Phi) is 7.77. The molecule has 0 amide bonds. The van der Waals surface area contributed by atoms with Gasteiger partial charge in [-0.2, -0.15) is 0 Å². The maximum absolute atomic E-state index is 6.96. The van der Waals surface area contributed by atoms with E-state index in [-0.39, 0.29) is 0 Å². The van der Waals surface area contributed by atoms with Crippen molar-refractivity contribution in [3.63, 3.8) is 0 Å². The van der Waals surface area contributed by atoms with Gasteiger partial charge in [-0.15, -0.1) is 0 Å². The second-order valence-electron chi connectivity index (χ2n) is 13.4. The van der Waals surface area contributed by atoms with Crippen LogP contribution in [0.1, 0.15) is 0 Å². The van der Waals surface area contributed by atoms with Gasteiger partial charge in [-0.1, -0.05) is 127 Å². The molecule has 2 heterocycles. The van der Waals surface area contributed by atoms with Crippen LogP contribution in [0.15, 0.2) is 212 Å². The van der Waals surface area contributed by atoms with E-state index >= 15 is 0 Å². The van der Waals surface area contributed by atoms with Crippen LogP contribution in [0.4, 0.5) is 34.3 Å². The highest BCUT2D eigenvalue weighted by Gasteiger charge is 2.33. The number of rotatable bonds is 7. The van der Waals surface area contributed by atoms with Crippen LogP contribution in [0.3, 0.4) is 0 Å². The van der Waals surface area contributed by atoms with Crippen molar-refractivity contribution in [1.82, 2.24) is 4.57 Å². The molecule has 8 aromatic carbocycles. The van der Waals surface area contributed by atoms with Gasteiger partial charge in [0.1, 0.15) is 0 Å². The first-order valence-corrected chi connectivity index (χ1v) is 18.3. The van der Waals surface area contributed by atoms with Crippen LogP contribution in [0.2, 0.25) is 0 Å². The van der Waals surface area contributed by atoms with Gasteiger partial charge in [-0.05, 0) is 107 Å². The first-order chi connectivity index (χ1) is 26.8. The molecular formula is C50H35N3O. The third-order valence-electron chi connectivity index (χ3n) is 10.1. The average molecular weight is 694 g/mol. The first-order valence-electron chi connectivity index (χ1n) is 18.3. The molecule has 9 aromatic rings. The van der Waals surface area contributed by atoms with Crippen LogP contribution in [-0.2, 0) is 0 Å². The van der Waals surface area contributed by atoms with E-state index in [2.05, 4.69) is 221 Å². The standard InChI is InChI=1S/C50H35N3O/c1-6-18-36(19-7-1)38-32-39(37-20-8-2-9-21-37)34-44(33-38)51(40-22-10-3-11-23-40)43-30-31-46-45(35-43)49-50(52(46)41-24-12-4-13-25-41)53(42-26-14-5-15-27-42)47-28-16-17-29-48(47)54-49/h1-35H.